The van der Waals surface area contributed by atoms with Gasteiger partial charge in [0.15, 0.2) is 0 Å². The zero-order chi connectivity index (χ0) is 18.2. The number of carbonyl (C=O) groups excluding carboxylic acids is 1. The minimum atomic E-state index is -4.52. The quantitative estimate of drug-likeness (QED) is 0.698. The summed E-state index contributed by atoms with van der Waals surface area (Å²) >= 11 is 0. The van der Waals surface area contributed by atoms with Gasteiger partial charge in [-0.05, 0) is 49.6 Å². The van der Waals surface area contributed by atoms with Gasteiger partial charge >= 0.3 is 6.18 Å². The molecule has 0 saturated carbocycles. The summed E-state index contributed by atoms with van der Waals surface area (Å²) in [5, 5.41) is 3.38. The summed E-state index contributed by atoms with van der Waals surface area (Å²) in [6.07, 6.45) is -2.76. The molecule has 0 aliphatic rings. The number of aryl methyl sites for hydroxylation is 1. The van der Waals surface area contributed by atoms with E-state index in [0.29, 0.717) is 0 Å². The van der Waals surface area contributed by atoms with Crippen molar-refractivity contribution in [2.45, 2.75) is 26.1 Å². The minimum Gasteiger partial charge on any atom is -0.335 e. The number of aromatic nitrogens is 1. The van der Waals surface area contributed by atoms with Gasteiger partial charge in [-0.2, -0.15) is 13.2 Å². The molecule has 3 aromatic rings. The fourth-order valence-corrected chi connectivity index (χ4v) is 2.82. The van der Waals surface area contributed by atoms with Gasteiger partial charge in [-0.1, -0.05) is 23.8 Å². The SMILES string of the molecule is Cc1ccc2c(ccn2C(C)C(=O)Nc2ccccc2C(F)(F)F)c1. The van der Waals surface area contributed by atoms with Gasteiger partial charge in [-0.15, -0.1) is 0 Å². The van der Waals surface area contributed by atoms with Gasteiger partial charge < -0.3 is 9.88 Å². The molecular weight excluding hydrogens is 329 g/mol. The molecule has 3 nitrogen and oxygen atoms in total. The van der Waals surface area contributed by atoms with E-state index in [1.54, 1.807) is 17.7 Å². The Hall–Kier alpha value is -2.76. The summed E-state index contributed by atoms with van der Waals surface area (Å²) < 4.78 is 40.9. The summed E-state index contributed by atoms with van der Waals surface area (Å²) in [6, 6.07) is 12.0. The molecule has 0 radical (unpaired) electrons. The molecule has 0 bridgehead atoms. The highest BCUT2D eigenvalue weighted by Crippen LogP contribution is 2.35. The van der Waals surface area contributed by atoms with Crippen molar-refractivity contribution in [2.24, 2.45) is 0 Å². The van der Waals surface area contributed by atoms with Gasteiger partial charge in [0.05, 0.1) is 11.3 Å². The van der Waals surface area contributed by atoms with Crippen molar-refractivity contribution in [3.05, 3.63) is 65.9 Å². The van der Waals surface area contributed by atoms with E-state index in [1.807, 2.05) is 31.2 Å². The van der Waals surface area contributed by atoms with E-state index in [9.17, 15) is 18.0 Å². The first kappa shape index (κ1) is 17.1. The largest absolute Gasteiger partial charge is 0.418 e. The molecule has 0 spiro atoms. The number of nitrogens with zero attached hydrogens (tertiary/aromatic N) is 1. The molecule has 1 atom stereocenters. The van der Waals surface area contributed by atoms with Gasteiger partial charge in [-0.25, -0.2) is 0 Å². The van der Waals surface area contributed by atoms with Crippen LogP contribution in [-0.2, 0) is 11.0 Å². The third kappa shape index (κ3) is 3.38. The molecule has 1 unspecified atom stereocenters. The van der Waals surface area contributed by atoms with Crippen molar-refractivity contribution in [3.63, 3.8) is 0 Å². The smallest absolute Gasteiger partial charge is 0.335 e. The molecule has 1 heterocycles. The normalized spacial score (nSPS) is 13.0. The van der Waals surface area contributed by atoms with Crippen LogP contribution in [0, 0.1) is 6.92 Å². The van der Waals surface area contributed by atoms with Crippen LogP contribution in [0.2, 0.25) is 0 Å². The van der Waals surface area contributed by atoms with Gasteiger partial charge in [0.2, 0.25) is 5.91 Å². The molecule has 3 rings (SSSR count). The van der Waals surface area contributed by atoms with Crippen molar-refractivity contribution >= 4 is 22.5 Å². The number of para-hydroxylation sites is 1. The first-order valence-electron chi connectivity index (χ1n) is 7.81. The van der Waals surface area contributed by atoms with Crippen LogP contribution in [0.25, 0.3) is 10.9 Å². The van der Waals surface area contributed by atoms with Crippen LogP contribution in [0.4, 0.5) is 18.9 Å². The molecule has 0 fully saturated rings. The zero-order valence-electron chi connectivity index (χ0n) is 13.8. The lowest BCUT2D eigenvalue weighted by atomic mass is 10.1. The molecule has 2 aromatic carbocycles. The molecule has 0 saturated heterocycles. The highest BCUT2D eigenvalue weighted by molar-refractivity contribution is 5.95. The van der Waals surface area contributed by atoms with Gasteiger partial charge in [0.25, 0.3) is 0 Å². The first-order valence-corrected chi connectivity index (χ1v) is 7.81. The summed E-state index contributed by atoms with van der Waals surface area (Å²) in [6.45, 7) is 3.63. The molecule has 0 aliphatic carbocycles. The van der Waals surface area contributed by atoms with Gasteiger partial charge in [0.1, 0.15) is 6.04 Å². The molecule has 6 heteroatoms. The number of hydrogen-bond acceptors (Lipinski definition) is 1. The fourth-order valence-electron chi connectivity index (χ4n) is 2.82. The van der Waals surface area contributed by atoms with Crippen LogP contribution < -0.4 is 5.32 Å². The Kier molecular flexibility index (Phi) is 4.29. The second-order valence-corrected chi connectivity index (χ2v) is 5.99. The van der Waals surface area contributed by atoms with Crippen molar-refractivity contribution in [1.82, 2.24) is 4.57 Å². The monoisotopic (exact) mass is 346 g/mol. The van der Waals surface area contributed by atoms with E-state index in [1.165, 1.54) is 18.2 Å². The number of alkyl halides is 3. The Labute approximate surface area is 143 Å². The summed E-state index contributed by atoms with van der Waals surface area (Å²) in [7, 11) is 0. The summed E-state index contributed by atoms with van der Waals surface area (Å²) in [5.74, 6) is -0.505. The van der Waals surface area contributed by atoms with Crippen molar-refractivity contribution in [3.8, 4) is 0 Å². The average molecular weight is 346 g/mol. The topological polar surface area (TPSA) is 34.0 Å². The third-order valence-corrected chi connectivity index (χ3v) is 4.16. The maximum atomic E-state index is 13.1. The van der Waals surface area contributed by atoms with E-state index in [2.05, 4.69) is 5.32 Å². The predicted molar refractivity (Wildman–Crippen MR) is 91.5 cm³/mol. The summed E-state index contributed by atoms with van der Waals surface area (Å²) in [4.78, 5) is 12.5. The second-order valence-electron chi connectivity index (χ2n) is 5.99. The Morgan fingerprint density at radius 1 is 1.12 bits per heavy atom. The van der Waals surface area contributed by atoms with E-state index < -0.39 is 23.7 Å². The Morgan fingerprint density at radius 3 is 2.56 bits per heavy atom. The first-order chi connectivity index (χ1) is 11.8. The molecular formula is C19H17F3N2O. The number of nitrogens with one attached hydrogen (secondary N) is 1. The number of amides is 1. The number of halogens is 3. The van der Waals surface area contributed by atoms with Crippen LogP contribution in [0.5, 0.6) is 0 Å². The van der Waals surface area contributed by atoms with E-state index in [0.717, 1.165) is 22.5 Å². The van der Waals surface area contributed by atoms with Gasteiger partial charge in [0, 0.05) is 11.7 Å². The number of benzene rings is 2. The lowest BCUT2D eigenvalue weighted by Gasteiger charge is -2.18. The van der Waals surface area contributed by atoms with Crippen LogP contribution in [-0.4, -0.2) is 10.5 Å². The molecule has 1 amide bonds. The van der Waals surface area contributed by atoms with Crippen LogP contribution in [0.15, 0.2) is 54.7 Å². The number of rotatable bonds is 3. The molecule has 130 valence electrons. The lowest BCUT2D eigenvalue weighted by Crippen LogP contribution is -2.24. The fraction of sp³-hybridized carbons (Fsp3) is 0.211. The van der Waals surface area contributed by atoms with Crippen molar-refractivity contribution in [1.29, 1.82) is 0 Å². The molecule has 1 N–H and O–H groups in total. The third-order valence-electron chi connectivity index (χ3n) is 4.16. The Bertz CT molecular complexity index is 928. The zero-order valence-corrected chi connectivity index (χ0v) is 13.8. The standard InChI is InChI=1S/C19H17F3N2O/c1-12-7-8-17-14(11-12)9-10-24(17)13(2)18(25)23-16-6-4-3-5-15(16)19(20,21)22/h3-11,13H,1-2H3,(H,23,25). The number of carbonyl (C=O) groups is 1. The van der Waals surface area contributed by atoms with E-state index in [-0.39, 0.29) is 5.69 Å². The molecule has 1 aromatic heterocycles. The summed E-state index contributed by atoms with van der Waals surface area (Å²) in [5.41, 5.74) is 0.863. The Balaban J connectivity index is 1.89. The predicted octanol–water partition coefficient (Wildman–Crippen LogP) is 5.17. The van der Waals surface area contributed by atoms with Crippen LogP contribution in [0.3, 0.4) is 0 Å². The second kappa shape index (κ2) is 6.27. The van der Waals surface area contributed by atoms with Gasteiger partial charge in [-0.3, -0.25) is 4.79 Å². The van der Waals surface area contributed by atoms with Crippen LogP contribution in [0.1, 0.15) is 24.1 Å². The highest BCUT2D eigenvalue weighted by atomic mass is 19.4. The molecule has 25 heavy (non-hydrogen) atoms. The number of anilines is 1. The number of hydrogen-bond donors (Lipinski definition) is 1. The highest BCUT2D eigenvalue weighted by Gasteiger charge is 2.34. The van der Waals surface area contributed by atoms with Crippen molar-refractivity contribution in [2.75, 3.05) is 5.32 Å². The van der Waals surface area contributed by atoms with Crippen molar-refractivity contribution < 1.29 is 18.0 Å². The van der Waals surface area contributed by atoms with E-state index >= 15 is 0 Å². The average Bonchev–Trinajstić information content (AvgIpc) is 2.96. The maximum absolute atomic E-state index is 13.1. The van der Waals surface area contributed by atoms with E-state index in [4.69, 9.17) is 0 Å². The maximum Gasteiger partial charge on any atom is 0.418 e. The minimum absolute atomic E-state index is 0.237. The Morgan fingerprint density at radius 2 is 1.84 bits per heavy atom. The lowest BCUT2D eigenvalue weighted by molar-refractivity contribution is -0.137. The molecule has 0 aliphatic heterocycles. The van der Waals surface area contributed by atoms with Crippen LogP contribution >= 0.6 is 0 Å². The number of fused-ring (bicyclic) bond motifs is 1.